The van der Waals surface area contributed by atoms with Gasteiger partial charge in [0.05, 0.1) is 11.8 Å². The predicted octanol–water partition coefficient (Wildman–Crippen LogP) is 2.16. The maximum atomic E-state index is 13.1. The van der Waals surface area contributed by atoms with Crippen LogP contribution in [0.2, 0.25) is 5.02 Å². The largest absolute Gasteiger partial charge is 0.313 e. The fourth-order valence-corrected chi connectivity index (χ4v) is 4.70. The van der Waals surface area contributed by atoms with Crippen LogP contribution in [-0.4, -0.2) is 40.6 Å². The van der Waals surface area contributed by atoms with Gasteiger partial charge in [0.15, 0.2) is 0 Å². The van der Waals surface area contributed by atoms with Crippen molar-refractivity contribution in [2.24, 2.45) is 0 Å². The van der Waals surface area contributed by atoms with E-state index in [2.05, 4.69) is 10.2 Å². The standard InChI is InChI=1S/C14H16ClFN4O2S/c1-10-18-17-9-20(10)13-4-5-19(7-13)23(21,22)8-11-2-3-12(16)6-14(11)15/h2-3,6,9,13H,4-5,7-8H2,1H3. The van der Waals surface area contributed by atoms with Crippen molar-refractivity contribution in [1.82, 2.24) is 19.1 Å². The van der Waals surface area contributed by atoms with Crippen molar-refractivity contribution in [3.8, 4) is 0 Å². The molecule has 9 heteroatoms. The number of aromatic nitrogens is 3. The summed E-state index contributed by atoms with van der Waals surface area (Å²) in [5, 5.41) is 7.89. The number of nitrogens with zero attached hydrogens (tertiary/aromatic N) is 4. The molecular weight excluding hydrogens is 343 g/mol. The van der Waals surface area contributed by atoms with Gasteiger partial charge in [-0.1, -0.05) is 17.7 Å². The first-order chi connectivity index (χ1) is 10.9. The van der Waals surface area contributed by atoms with Crippen LogP contribution in [0.4, 0.5) is 4.39 Å². The van der Waals surface area contributed by atoms with Crippen molar-refractivity contribution >= 4 is 21.6 Å². The van der Waals surface area contributed by atoms with Gasteiger partial charge >= 0.3 is 0 Å². The summed E-state index contributed by atoms with van der Waals surface area (Å²) in [7, 11) is -3.51. The summed E-state index contributed by atoms with van der Waals surface area (Å²) in [5.41, 5.74) is 0.400. The molecule has 1 aliphatic rings. The van der Waals surface area contributed by atoms with E-state index >= 15 is 0 Å². The quantitative estimate of drug-likeness (QED) is 0.839. The summed E-state index contributed by atoms with van der Waals surface area (Å²) in [6.07, 6.45) is 2.32. The SMILES string of the molecule is Cc1nncn1C1CCN(S(=O)(=O)Cc2ccc(F)cc2Cl)C1. The van der Waals surface area contributed by atoms with E-state index in [0.29, 0.717) is 25.1 Å². The average Bonchev–Trinajstić information content (AvgIpc) is 3.10. The third kappa shape index (κ3) is 3.39. The number of aryl methyl sites for hydroxylation is 1. The number of sulfonamides is 1. The van der Waals surface area contributed by atoms with E-state index in [1.807, 2.05) is 11.5 Å². The second kappa shape index (κ2) is 6.18. The zero-order chi connectivity index (χ0) is 16.6. The summed E-state index contributed by atoms with van der Waals surface area (Å²) in [4.78, 5) is 0. The molecule has 0 aliphatic carbocycles. The van der Waals surface area contributed by atoms with Crippen molar-refractivity contribution in [2.45, 2.75) is 25.1 Å². The van der Waals surface area contributed by atoms with Crippen LogP contribution in [0, 0.1) is 12.7 Å². The highest BCUT2D eigenvalue weighted by atomic mass is 35.5. The lowest BCUT2D eigenvalue weighted by atomic mass is 10.2. The summed E-state index contributed by atoms with van der Waals surface area (Å²) in [6, 6.07) is 3.78. The molecule has 124 valence electrons. The maximum Gasteiger partial charge on any atom is 0.218 e. The van der Waals surface area contributed by atoms with Gasteiger partial charge in [-0.3, -0.25) is 0 Å². The zero-order valence-electron chi connectivity index (χ0n) is 12.5. The Morgan fingerprint density at radius 1 is 1.43 bits per heavy atom. The Hall–Kier alpha value is -1.51. The molecular formula is C14H16ClFN4O2S. The Bertz CT molecular complexity index is 824. The van der Waals surface area contributed by atoms with Crippen LogP contribution in [0.15, 0.2) is 24.5 Å². The number of benzene rings is 1. The van der Waals surface area contributed by atoms with Gasteiger partial charge in [0.2, 0.25) is 10.0 Å². The van der Waals surface area contributed by atoms with Crippen LogP contribution < -0.4 is 0 Å². The molecule has 1 atom stereocenters. The molecule has 6 nitrogen and oxygen atoms in total. The lowest BCUT2D eigenvalue weighted by Gasteiger charge is -2.18. The van der Waals surface area contributed by atoms with E-state index in [1.54, 1.807) is 6.33 Å². The number of hydrogen-bond acceptors (Lipinski definition) is 4. The second-order valence-electron chi connectivity index (χ2n) is 5.58. The predicted molar refractivity (Wildman–Crippen MR) is 84.0 cm³/mol. The monoisotopic (exact) mass is 358 g/mol. The van der Waals surface area contributed by atoms with Gasteiger partial charge in [0, 0.05) is 18.1 Å². The third-order valence-electron chi connectivity index (χ3n) is 4.02. The highest BCUT2D eigenvalue weighted by Gasteiger charge is 2.33. The van der Waals surface area contributed by atoms with E-state index in [9.17, 15) is 12.8 Å². The van der Waals surface area contributed by atoms with Gasteiger partial charge in [-0.25, -0.2) is 12.8 Å². The van der Waals surface area contributed by atoms with Crippen molar-refractivity contribution < 1.29 is 12.8 Å². The topological polar surface area (TPSA) is 68.1 Å². The molecule has 2 heterocycles. The van der Waals surface area contributed by atoms with E-state index < -0.39 is 15.8 Å². The molecule has 0 bridgehead atoms. The minimum atomic E-state index is -3.51. The molecule has 1 aliphatic heterocycles. The van der Waals surface area contributed by atoms with Crippen molar-refractivity contribution in [3.63, 3.8) is 0 Å². The smallest absolute Gasteiger partial charge is 0.218 e. The molecule has 0 spiro atoms. The Labute approximate surface area is 138 Å². The molecule has 0 radical (unpaired) electrons. The Morgan fingerprint density at radius 3 is 2.87 bits per heavy atom. The van der Waals surface area contributed by atoms with Gasteiger partial charge in [-0.15, -0.1) is 10.2 Å². The molecule has 0 saturated carbocycles. The van der Waals surface area contributed by atoms with E-state index in [1.165, 1.54) is 16.4 Å². The normalized spacial score (nSPS) is 19.3. The van der Waals surface area contributed by atoms with E-state index in [4.69, 9.17) is 11.6 Å². The lowest BCUT2D eigenvalue weighted by Crippen LogP contribution is -2.30. The highest BCUT2D eigenvalue weighted by Crippen LogP contribution is 2.27. The Morgan fingerprint density at radius 2 is 2.22 bits per heavy atom. The zero-order valence-corrected chi connectivity index (χ0v) is 14.1. The van der Waals surface area contributed by atoms with Gasteiger partial charge in [-0.2, -0.15) is 4.31 Å². The first-order valence-electron chi connectivity index (χ1n) is 7.14. The molecule has 3 rings (SSSR count). The second-order valence-corrected chi connectivity index (χ2v) is 7.95. The fraction of sp³-hybridized carbons (Fsp3) is 0.429. The van der Waals surface area contributed by atoms with Crippen LogP contribution in [-0.2, 0) is 15.8 Å². The Kier molecular flexibility index (Phi) is 4.39. The van der Waals surface area contributed by atoms with Gasteiger partial charge in [0.1, 0.15) is 18.0 Å². The fourth-order valence-electron chi connectivity index (χ4n) is 2.78. The Balaban J connectivity index is 1.75. The minimum absolute atomic E-state index is 0.0310. The van der Waals surface area contributed by atoms with Crippen LogP contribution in [0.25, 0.3) is 0 Å². The van der Waals surface area contributed by atoms with Crippen molar-refractivity contribution in [3.05, 3.63) is 46.8 Å². The first-order valence-corrected chi connectivity index (χ1v) is 9.13. The van der Waals surface area contributed by atoms with Crippen molar-refractivity contribution in [1.29, 1.82) is 0 Å². The average molecular weight is 359 g/mol. The number of rotatable bonds is 4. The van der Waals surface area contributed by atoms with Crippen LogP contribution in [0.1, 0.15) is 23.9 Å². The number of halogens is 2. The summed E-state index contributed by atoms with van der Waals surface area (Å²) in [6.45, 7) is 2.64. The number of hydrogen-bond donors (Lipinski definition) is 0. The van der Waals surface area contributed by atoms with Crippen LogP contribution in [0.3, 0.4) is 0 Å². The molecule has 1 aromatic carbocycles. The molecule has 1 unspecified atom stereocenters. The molecule has 0 N–H and O–H groups in total. The summed E-state index contributed by atoms with van der Waals surface area (Å²) in [5.74, 6) is 0.0382. The molecule has 1 aromatic heterocycles. The van der Waals surface area contributed by atoms with Crippen molar-refractivity contribution in [2.75, 3.05) is 13.1 Å². The van der Waals surface area contributed by atoms with Gasteiger partial charge in [-0.05, 0) is 31.0 Å². The summed E-state index contributed by atoms with van der Waals surface area (Å²) >= 11 is 5.93. The van der Waals surface area contributed by atoms with Crippen LogP contribution in [0.5, 0.6) is 0 Å². The minimum Gasteiger partial charge on any atom is -0.313 e. The van der Waals surface area contributed by atoms with Gasteiger partial charge in [0.25, 0.3) is 0 Å². The molecule has 2 aromatic rings. The maximum absolute atomic E-state index is 13.1. The summed E-state index contributed by atoms with van der Waals surface area (Å²) < 4.78 is 41.5. The highest BCUT2D eigenvalue weighted by molar-refractivity contribution is 7.88. The third-order valence-corrected chi connectivity index (χ3v) is 6.16. The molecule has 23 heavy (non-hydrogen) atoms. The van der Waals surface area contributed by atoms with Gasteiger partial charge < -0.3 is 4.57 Å². The van der Waals surface area contributed by atoms with E-state index in [0.717, 1.165) is 11.9 Å². The molecule has 0 amide bonds. The van der Waals surface area contributed by atoms with E-state index in [-0.39, 0.29) is 16.8 Å². The lowest BCUT2D eigenvalue weighted by molar-refractivity contribution is 0.448. The molecule has 1 saturated heterocycles. The van der Waals surface area contributed by atoms with Crippen LogP contribution >= 0.6 is 11.6 Å². The molecule has 1 fully saturated rings. The first kappa shape index (κ1) is 16.4.